The number of primary amides is 1. The van der Waals surface area contributed by atoms with Crippen LogP contribution in [-0.2, 0) is 11.0 Å². The largest absolute Gasteiger partial charge is 0.416 e. The third-order valence-corrected chi connectivity index (χ3v) is 2.54. The summed E-state index contributed by atoms with van der Waals surface area (Å²) in [6, 6.07) is 4.69. The average Bonchev–Trinajstić information content (AvgIpc) is 2.23. The molecule has 5 heteroatoms. The maximum absolute atomic E-state index is 12.6. The van der Waals surface area contributed by atoms with E-state index in [1.165, 1.54) is 12.1 Å². The molecule has 2 N–H and O–H groups in total. The number of benzene rings is 1. The Morgan fingerprint density at radius 1 is 1.21 bits per heavy atom. The molecule has 1 aromatic rings. The fraction of sp³-hybridized carbons (Fsp3) is 0.429. The fourth-order valence-electron chi connectivity index (χ4n) is 1.75. The molecular weight excluding hydrogens is 255 g/mol. The molecule has 1 rings (SSSR count). The second-order valence-corrected chi connectivity index (χ2v) is 5.66. The van der Waals surface area contributed by atoms with Gasteiger partial charge in [0.15, 0.2) is 0 Å². The molecule has 1 aromatic carbocycles. The van der Waals surface area contributed by atoms with Crippen LogP contribution in [0.15, 0.2) is 24.3 Å². The summed E-state index contributed by atoms with van der Waals surface area (Å²) >= 11 is 0. The SMILES string of the molecule is CC(C)(C)C[C](C(N)=O)c1cccc(C(F)(F)F)c1. The Morgan fingerprint density at radius 3 is 2.21 bits per heavy atom. The monoisotopic (exact) mass is 272 g/mol. The van der Waals surface area contributed by atoms with E-state index in [2.05, 4.69) is 0 Å². The summed E-state index contributed by atoms with van der Waals surface area (Å²) in [6.45, 7) is 5.68. The van der Waals surface area contributed by atoms with Gasteiger partial charge >= 0.3 is 6.18 Å². The molecule has 0 aromatic heterocycles. The van der Waals surface area contributed by atoms with E-state index < -0.39 is 17.6 Å². The van der Waals surface area contributed by atoms with Crippen molar-refractivity contribution in [1.29, 1.82) is 0 Å². The minimum atomic E-state index is -4.43. The highest BCUT2D eigenvalue weighted by Gasteiger charge is 2.32. The normalized spacial score (nSPS) is 12.8. The lowest BCUT2D eigenvalue weighted by Crippen LogP contribution is -2.26. The Kier molecular flexibility index (Phi) is 4.28. The van der Waals surface area contributed by atoms with Gasteiger partial charge in [-0.15, -0.1) is 0 Å². The highest BCUT2D eigenvalue weighted by Crippen LogP contribution is 2.34. The lowest BCUT2D eigenvalue weighted by Gasteiger charge is -2.24. The number of hydrogen-bond donors (Lipinski definition) is 1. The second-order valence-electron chi connectivity index (χ2n) is 5.66. The van der Waals surface area contributed by atoms with Crippen molar-refractivity contribution in [1.82, 2.24) is 0 Å². The number of carbonyl (C=O) groups excluding carboxylic acids is 1. The van der Waals surface area contributed by atoms with Crippen molar-refractivity contribution in [2.75, 3.05) is 0 Å². The van der Waals surface area contributed by atoms with Crippen molar-refractivity contribution in [2.45, 2.75) is 33.4 Å². The van der Waals surface area contributed by atoms with Gasteiger partial charge in [0.1, 0.15) is 0 Å². The maximum atomic E-state index is 12.6. The van der Waals surface area contributed by atoms with E-state index in [4.69, 9.17) is 5.73 Å². The van der Waals surface area contributed by atoms with Gasteiger partial charge in [0.05, 0.1) is 11.5 Å². The summed E-state index contributed by atoms with van der Waals surface area (Å²) < 4.78 is 37.9. The van der Waals surface area contributed by atoms with Crippen molar-refractivity contribution >= 4 is 5.91 Å². The molecule has 2 nitrogen and oxygen atoms in total. The van der Waals surface area contributed by atoms with Crippen molar-refractivity contribution in [3.05, 3.63) is 41.3 Å². The fourth-order valence-corrected chi connectivity index (χ4v) is 1.75. The highest BCUT2D eigenvalue weighted by molar-refractivity contribution is 5.92. The number of nitrogens with two attached hydrogens (primary N) is 1. The molecule has 0 fully saturated rings. The van der Waals surface area contributed by atoms with E-state index in [1.807, 2.05) is 20.8 Å². The molecule has 0 aliphatic rings. The van der Waals surface area contributed by atoms with Crippen LogP contribution in [0.2, 0.25) is 0 Å². The van der Waals surface area contributed by atoms with E-state index in [-0.39, 0.29) is 16.9 Å². The Balaban J connectivity index is 3.14. The van der Waals surface area contributed by atoms with Crippen LogP contribution < -0.4 is 5.73 Å². The van der Waals surface area contributed by atoms with Crippen LogP contribution in [0.1, 0.15) is 38.3 Å². The lowest BCUT2D eigenvalue weighted by atomic mass is 9.81. The van der Waals surface area contributed by atoms with E-state index in [1.54, 1.807) is 0 Å². The third kappa shape index (κ3) is 4.58. The van der Waals surface area contributed by atoms with Crippen molar-refractivity contribution in [3.63, 3.8) is 0 Å². The van der Waals surface area contributed by atoms with E-state index >= 15 is 0 Å². The first-order chi connectivity index (χ1) is 8.50. The van der Waals surface area contributed by atoms with Crippen LogP contribution in [-0.4, -0.2) is 5.91 Å². The Bertz CT molecular complexity index is 460. The zero-order chi connectivity index (χ0) is 14.8. The second kappa shape index (κ2) is 5.23. The predicted molar refractivity (Wildman–Crippen MR) is 67.1 cm³/mol. The van der Waals surface area contributed by atoms with Crippen LogP contribution in [0.25, 0.3) is 0 Å². The van der Waals surface area contributed by atoms with Crippen LogP contribution in [0.4, 0.5) is 13.2 Å². The molecule has 1 radical (unpaired) electrons. The first-order valence-electron chi connectivity index (χ1n) is 5.84. The molecular formula is C14H17F3NO. The van der Waals surface area contributed by atoms with Gasteiger partial charge in [-0.25, -0.2) is 0 Å². The van der Waals surface area contributed by atoms with Gasteiger partial charge in [-0.05, 0) is 23.5 Å². The van der Waals surface area contributed by atoms with Gasteiger partial charge in [-0.3, -0.25) is 4.79 Å². The van der Waals surface area contributed by atoms with Crippen molar-refractivity contribution in [2.24, 2.45) is 11.1 Å². The van der Waals surface area contributed by atoms with Crippen LogP contribution >= 0.6 is 0 Å². The summed E-state index contributed by atoms with van der Waals surface area (Å²) in [5.74, 6) is -0.465. The lowest BCUT2D eigenvalue weighted by molar-refractivity contribution is -0.137. The van der Waals surface area contributed by atoms with E-state index in [9.17, 15) is 18.0 Å². The first-order valence-corrected chi connectivity index (χ1v) is 5.84. The topological polar surface area (TPSA) is 43.1 Å². The Hall–Kier alpha value is -1.52. The molecule has 0 heterocycles. The number of amides is 1. The molecule has 0 spiro atoms. The molecule has 0 saturated heterocycles. The van der Waals surface area contributed by atoms with E-state index in [0.29, 0.717) is 6.42 Å². The van der Waals surface area contributed by atoms with E-state index in [0.717, 1.165) is 12.1 Å². The average molecular weight is 272 g/mol. The standard InChI is InChI=1S/C14H17F3NO/c1-13(2,3)8-11(12(18)19)9-5-4-6-10(7-9)14(15,16)17/h4-7H,8H2,1-3H3,(H2,18,19). The van der Waals surface area contributed by atoms with Gasteiger partial charge in [-0.1, -0.05) is 39.0 Å². The van der Waals surface area contributed by atoms with Crippen molar-refractivity contribution in [3.8, 4) is 0 Å². The Morgan fingerprint density at radius 2 is 1.79 bits per heavy atom. The molecule has 0 aliphatic heterocycles. The third-order valence-electron chi connectivity index (χ3n) is 2.54. The smallest absolute Gasteiger partial charge is 0.369 e. The van der Waals surface area contributed by atoms with Crippen molar-refractivity contribution < 1.29 is 18.0 Å². The Labute approximate surface area is 110 Å². The minimum absolute atomic E-state index is 0.221. The summed E-state index contributed by atoms with van der Waals surface area (Å²) in [4.78, 5) is 11.4. The predicted octanol–water partition coefficient (Wildman–Crippen LogP) is 3.55. The van der Waals surface area contributed by atoms with Crippen LogP contribution in [0, 0.1) is 11.3 Å². The number of alkyl halides is 3. The molecule has 0 atom stereocenters. The van der Waals surface area contributed by atoms with Gasteiger partial charge in [0.25, 0.3) is 0 Å². The zero-order valence-electron chi connectivity index (χ0n) is 11.1. The molecule has 19 heavy (non-hydrogen) atoms. The summed E-state index contributed by atoms with van der Waals surface area (Å²) in [7, 11) is 0. The van der Waals surface area contributed by atoms with Gasteiger partial charge < -0.3 is 5.73 Å². The van der Waals surface area contributed by atoms with Gasteiger partial charge in [-0.2, -0.15) is 13.2 Å². The molecule has 0 aliphatic carbocycles. The number of rotatable bonds is 3. The summed E-state index contributed by atoms with van der Waals surface area (Å²) in [5.41, 5.74) is 4.49. The van der Waals surface area contributed by atoms with Gasteiger partial charge in [0.2, 0.25) is 5.91 Å². The molecule has 0 bridgehead atoms. The van der Waals surface area contributed by atoms with Gasteiger partial charge in [0, 0.05) is 0 Å². The van der Waals surface area contributed by atoms with Crippen LogP contribution in [0.5, 0.6) is 0 Å². The molecule has 0 saturated carbocycles. The molecule has 0 unspecified atom stereocenters. The molecule has 105 valence electrons. The number of carbonyl (C=O) groups is 1. The van der Waals surface area contributed by atoms with Crippen LogP contribution in [0.3, 0.4) is 0 Å². The summed E-state index contributed by atoms with van der Waals surface area (Å²) in [5, 5.41) is 0. The molecule has 1 amide bonds. The number of hydrogen-bond acceptors (Lipinski definition) is 1. The zero-order valence-corrected chi connectivity index (χ0v) is 11.1. The number of halogens is 3. The highest BCUT2D eigenvalue weighted by atomic mass is 19.4. The maximum Gasteiger partial charge on any atom is 0.416 e. The first kappa shape index (κ1) is 15.5. The quantitative estimate of drug-likeness (QED) is 0.898. The summed E-state index contributed by atoms with van der Waals surface area (Å²) in [6.07, 6.45) is -4.11. The minimum Gasteiger partial charge on any atom is -0.369 e.